The molecule has 174 valence electrons. The van der Waals surface area contributed by atoms with Gasteiger partial charge in [0.1, 0.15) is 0 Å². The lowest BCUT2D eigenvalue weighted by molar-refractivity contribution is 0.186. The van der Waals surface area contributed by atoms with Crippen molar-refractivity contribution in [1.29, 1.82) is 0 Å². The van der Waals surface area contributed by atoms with Crippen molar-refractivity contribution in [3.8, 4) is 0 Å². The summed E-state index contributed by atoms with van der Waals surface area (Å²) in [5, 5.41) is 7.86. The van der Waals surface area contributed by atoms with Gasteiger partial charge in [0, 0.05) is 50.0 Å². The first kappa shape index (κ1) is 23.3. The minimum Gasteiger partial charge on any atom is -0.385 e. The zero-order valence-electron chi connectivity index (χ0n) is 19.6. The summed E-state index contributed by atoms with van der Waals surface area (Å²) < 4.78 is 7.68. The fourth-order valence-corrected chi connectivity index (χ4v) is 5.01. The summed E-state index contributed by atoms with van der Waals surface area (Å²) >= 11 is 5.83. The maximum Gasteiger partial charge on any atom is 0.170 e. The van der Waals surface area contributed by atoms with Crippen molar-refractivity contribution >= 4 is 23.0 Å². The lowest BCUT2D eigenvalue weighted by Crippen LogP contribution is -2.31. The van der Waals surface area contributed by atoms with Gasteiger partial charge in [-0.05, 0) is 68.4 Å². The molecular weight excluding hydrogens is 430 g/mol. The number of pyridine rings is 1. The fourth-order valence-electron chi connectivity index (χ4n) is 4.68. The SMILES string of the molecule is COCCn1c(C)cc([C@H]2[C@H](c3ccccn3)NC(=S)N2CCCNc2ccccc2)c1C. The standard InChI is InChI=1S/C26H33N5OS/c1-19-18-22(20(2)30(19)16-17-32-3)25-24(23-12-7-8-13-28-23)29-26(33)31(25)15-9-14-27-21-10-5-4-6-11-21/h4-8,10-13,18,24-25,27H,9,14-17H2,1-3H3,(H,29,33)/t24-,25-/m0/s1. The number of hydrogen-bond donors (Lipinski definition) is 2. The first-order valence-corrected chi connectivity index (χ1v) is 11.9. The summed E-state index contributed by atoms with van der Waals surface area (Å²) in [6.07, 6.45) is 2.83. The Kier molecular flexibility index (Phi) is 7.62. The molecule has 33 heavy (non-hydrogen) atoms. The molecule has 0 unspecified atom stereocenters. The second kappa shape index (κ2) is 10.8. The van der Waals surface area contributed by atoms with E-state index >= 15 is 0 Å². The second-order valence-corrected chi connectivity index (χ2v) is 8.82. The van der Waals surface area contributed by atoms with E-state index in [-0.39, 0.29) is 12.1 Å². The van der Waals surface area contributed by atoms with Gasteiger partial charge in [0.15, 0.2) is 5.11 Å². The van der Waals surface area contributed by atoms with E-state index in [0.717, 1.165) is 42.5 Å². The van der Waals surface area contributed by atoms with Gasteiger partial charge in [-0.1, -0.05) is 24.3 Å². The average Bonchev–Trinajstić information content (AvgIpc) is 3.31. The van der Waals surface area contributed by atoms with Crippen LogP contribution in [0.3, 0.4) is 0 Å². The van der Waals surface area contributed by atoms with Crippen molar-refractivity contribution in [2.24, 2.45) is 0 Å². The minimum absolute atomic E-state index is 0.0113. The van der Waals surface area contributed by atoms with Gasteiger partial charge in [-0.15, -0.1) is 0 Å². The Morgan fingerprint density at radius 2 is 1.88 bits per heavy atom. The quantitative estimate of drug-likeness (QED) is 0.338. The molecule has 2 N–H and O–H groups in total. The number of methoxy groups -OCH3 is 1. The van der Waals surface area contributed by atoms with E-state index in [1.165, 1.54) is 17.0 Å². The van der Waals surface area contributed by atoms with E-state index < -0.39 is 0 Å². The molecule has 3 aromatic rings. The molecular formula is C26H33N5OS. The number of nitrogens with zero attached hydrogens (tertiary/aromatic N) is 3. The van der Waals surface area contributed by atoms with Crippen LogP contribution in [0.25, 0.3) is 0 Å². The van der Waals surface area contributed by atoms with Gasteiger partial charge >= 0.3 is 0 Å². The molecule has 0 aliphatic carbocycles. The van der Waals surface area contributed by atoms with Crippen LogP contribution in [0, 0.1) is 13.8 Å². The van der Waals surface area contributed by atoms with Crippen LogP contribution < -0.4 is 10.6 Å². The monoisotopic (exact) mass is 463 g/mol. The first-order valence-electron chi connectivity index (χ1n) is 11.5. The number of aryl methyl sites for hydroxylation is 1. The van der Waals surface area contributed by atoms with Crippen LogP contribution in [0.5, 0.6) is 0 Å². The van der Waals surface area contributed by atoms with E-state index in [1.807, 2.05) is 24.4 Å². The lowest BCUT2D eigenvalue weighted by Gasteiger charge is -2.28. The highest BCUT2D eigenvalue weighted by molar-refractivity contribution is 7.80. The molecule has 0 spiro atoms. The van der Waals surface area contributed by atoms with Crippen molar-refractivity contribution in [1.82, 2.24) is 19.8 Å². The third-order valence-electron chi connectivity index (χ3n) is 6.33. The summed E-state index contributed by atoms with van der Waals surface area (Å²) in [5.41, 5.74) is 5.94. The highest BCUT2D eigenvalue weighted by atomic mass is 32.1. The number of anilines is 1. The zero-order valence-corrected chi connectivity index (χ0v) is 20.4. The van der Waals surface area contributed by atoms with E-state index in [9.17, 15) is 0 Å². The van der Waals surface area contributed by atoms with E-state index in [0.29, 0.717) is 6.61 Å². The molecule has 1 aromatic carbocycles. The Bertz CT molecular complexity index is 1050. The van der Waals surface area contributed by atoms with Crippen LogP contribution in [0.4, 0.5) is 5.69 Å². The molecule has 3 heterocycles. The van der Waals surface area contributed by atoms with Gasteiger partial charge < -0.3 is 24.8 Å². The Morgan fingerprint density at radius 1 is 1.09 bits per heavy atom. The molecule has 1 saturated heterocycles. The van der Waals surface area contributed by atoms with Gasteiger partial charge in [0.2, 0.25) is 0 Å². The topological polar surface area (TPSA) is 54.4 Å². The molecule has 0 bridgehead atoms. The number of rotatable bonds is 10. The van der Waals surface area contributed by atoms with Gasteiger partial charge in [0.05, 0.1) is 24.4 Å². The molecule has 0 amide bonds. The highest BCUT2D eigenvalue weighted by Gasteiger charge is 2.40. The van der Waals surface area contributed by atoms with Crippen LogP contribution in [-0.2, 0) is 11.3 Å². The van der Waals surface area contributed by atoms with Crippen molar-refractivity contribution in [3.63, 3.8) is 0 Å². The van der Waals surface area contributed by atoms with Crippen molar-refractivity contribution in [3.05, 3.63) is 83.4 Å². The summed E-state index contributed by atoms with van der Waals surface area (Å²) in [6, 6.07) is 18.8. The summed E-state index contributed by atoms with van der Waals surface area (Å²) in [7, 11) is 1.75. The van der Waals surface area contributed by atoms with Crippen molar-refractivity contribution < 1.29 is 4.74 Å². The molecule has 1 aliphatic heterocycles. The highest BCUT2D eigenvalue weighted by Crippen LogP contribution is 2.40. The summed E-state index contributed by atoms with van der Waals surface area (Å²) in [5.74, 6) is 0. The fraction of sp³-hybridized carbons (Fsp3) is 0.385. The number of benzene rings is 1. The van der Waals surface area contributed by atoms with Gasteiger partial charge in [-0.25, -0.2) is 0 Å². The number of nitrogens with one attached hydrogen (secondary N) is 2. The molecule has 6 nitrogen and oxygen atoms in total. The maximum atomic E-state index is 5.83. The van der Waals surface area contributed by atoms with Crippen LogP contribution in [-0.4, -0.2) is 46.4 Å². The predicted molar refractivity (Wildman–Crippen MR) is 137 cm³/mol. The van der Waals surface area contributed by atoms with Gasteiger partial charge in [-0.2, -0.15) is 0 Å². The van der Waals surface area contributed by atoms with Crippen LogP contribution >= 0.6 is 12.2 Å². The van der Waals surface area contributed by atoms with Crippen LogP contribution in [0.15, 0.2) is 60.8 Å². The van der Waals surface area contributed by atoms with Gasteiger partial charge in [0.25, 0.3) is 0 Å². The minimum atomic E-state index is 0.0113. The van der Waals surface area contributed by atoms with E-state index in [1.54, 1.807) is 7.11 Å². The number of para-hydroxylation sites is 1. The Hall–Kier alpha value is -2.90. The normalized spacial score (nSPS) is 17.9. The van der Waals surface area contributed by atoms with Gasteiger partial charge in [-0.3, -0.25) is 4.98 Å². The molecule has 0 saturated carbocycles. The third-order valence-corrected chi connectivity index (χ3v) is 6.68. The third kappa shape index (κ3) is 5.20. The van der Waals surface area contributed by atoms with Crippen LogP contribution in [0.1, 0.15) is 41.1 Å². The number of hydrogen-bond acceptors (Lipinski definition) is 4. The Morgan fingerprint density at radius 3 is 2.61 bits per heavy atom. The summed E-state index contributed by atoms with van der Waals surface area (Å²) in [4.78, 5) is 7.00. The number of aromatic nitrogens is 2. The number of ether oxygens (including phenoxy) is 1. The molecule has 1 fully saturated rings. The van der Waals surface area contributed by atoms with E-state index in [2.05, 4.69) is 75.3 Å². The lowest BCUT2D eigenvalue weighted by atomic mass is 9.96. The van der Waals surface area contributed by atoms with Crippen LogP contribution in [0.2, 0.25) is 0 Å². The second-order valence-electron chi connectivity index (χ2n) is 8.44. The predicted octanol–water partition coefficient (Wildman–Crippen LogP) is 4.62. The van der Waals surface area contributed by atoms with Crippen molar-refractivity contribution in [2.45, 2.75) is 38.9 Å². The Labute approximate surface area is 202 Å². The molecule has 0 radical (unpaired) electrons. The molecule has 2 atom stereocenters. The molecule has 2 aromatic heterocycles. The zero-order chi connectivity index (χ0) is 23.2. The van der Waals surface area contributed by atoms with Crippen molar-refractivity contribution in [2.75, 3.05) is 32.1 Å². The Balaban J connectivity index is 1.57. The molecule has 7 heteroatoms. The first-order chi connectivity index (χ1) is 16.1. The largest absolute Gasteiger partial charge is 0.385 e. The molecule has 4 rings (SSSR count). The average molecular weight is 464 g/mol. The maximum absolute atomic E-state index is 5.83. The smallest absolute Gasteiger partial charge is 0.170 e. The summed E-state index contributed by atoms with van der Waals surface area (Å²) in [6.45, 7) is 7.64. The molecule has 1 aliphatic rings. The number of thiocarbonyl (C=S) groups is 1. The van der Waals surface area contributed by atoms with E-state index in [4.69, 9.17) is 17.0 Å².